The van der Waals surface area contributed by atoms with Crippen LogP contribution in [-0.2, 0) is 20.5 Å². The predicted molar refractivity (Wildman–Crippen MR) is 57.6 cm³/mol. The molecule has 0 heterocycles. The van der Waals surface area contributed by atoms with Crippen molar-refractivity contribution in [3.8, 4) is 0 Å². The number of methoxy groups -OCH3 is 1. The monoisotopic (exact) mass is 219 g/mol. The highest BCUT2D eigenvalue weighted by Gasteiger charge is 2.17. The molecule has 0 rings (SSSR count). The number of carbonyl (C=O) groups excluding carboxylic acids is 1. The summed E-state index contributed by atoms with van der Waals surface area (Å²) in [5.74, 6) is -0.280. The zero-order chi connectivity index (χ0) is 11.2. The second-order valence-corrected chi connectivity index (χ2v) is 5.70. The number of carbonyl (C=O) groups is 1. The summed E-state index contributed by atoms with van der Waals surface area (Å²) < 4.78 is 19.3. The molecule has 5 heteroatoms. The Bertz CT molecular complexity index is 243. The van der Waals surface area contributed by atoms with Crippen LogP contribution in [0.25, 0.3) is 0 Å². The molecule has 0 aliphatic heterocycles. The summed E-state index contributed by atoms with van der Waals surface area (Å²) in [7, 11) is 0.103. The van der Waals surface area contributed by atoms with Gasteiger partial charge in [0.15, 0.2) is 0 Å². The third-order valence-corrected chi connectivity index (χ3v) is 2.79. The SMILES string of the molecule is COC(=O)CCC=N[S@@](=O)C(C)(C)C. The molecule has 0 fully saturated rings. The van der Waals surface area contributed by atoms with Crippen LogP contribution >= 0.6 is 0 Å². The zero-order valence-corrected chi connectivity index (χ0v) is 9.89. The third-order valence-electron chi connectivity index (χ3n) is 1.40. The summed E-state index contributed by atoms with van der Waals surface area (Å²) in [5.41, 5.74) is 0. The number of ether oxygens (including phenoxy) is 1. The first-order chi connectivity index (χ1) is 6.38. The van der Waals surface area contributed by atoms with Gasteiger partial charge in [0.25, 0.3) is 0 Å². The van der Waals surface area contributed by atoms with E-state index in [1.165, 1.54) is 13.3 Å². The van der Waals surface area contributed by atoms with Gasteiger partial charge in [0.2, 0.25) is 0 Å². The van der Waals surface area contributed by atoms with Crippen molar-refractivity contribution in [3.63, 3.8) is 0 Å². The van der Waals surface area contributed by atoms with E-state index in [4.69, 9.17) is 0 Å². The van der Waals surface area contributed by atoms with Gasteiger partial charge in [-0.1, -0.05) is 0 Å². The van der Waals surface area contributed by atoms with E-state index in [0.29, 0.717) is 6.42 Å². The van der Waals surface area contributed by atoms with Crippen molar-refractivity contribution in [3.05, 3.63) is 0 Å². The molecule has 0 aliphatic rings. The molecule has 14 heavy (non-hydrogen) atoms. The van der Waals surface area contributed by atoms with Gasteiger partial charge in [-0.25, -0.2) is 4.21 Å². The Morgan fingerprint density at radius 1 is 1.50 bits per heavy atom. The van der Waals surface area contributed by atoms with Crippen molar-refractivity contribution < 1.29 is 13.7 Å². The molecule has 0 N–H and O–H groups in total. The fraction of sp³-hybridized carbons (Fsp3) is 0.778. The maximum atomic E-state index is 11.4. The average molecular weight is 219 g/mol. The zero-order valence-electron chi connectivity index (χ0n) is 9.07. The van der Waals surface area contributed by atoms with E-state index in [1.54, 1.807) is 0 Å². The average Bonchev–Trinajstić information content (AvgIpc) is 2.09. The van der Waals surface area contributed by atoms with E-state index in [1.807, 2.05) is 20.8 Å². The molecule has 0 radical (unpaired) electrons. The number of esters is 1. The Hall–Kier alpha value is -0.710. The lowest BCUT2D eigenvalue weighted by Gasteiger charge is -2.12. The molecule has 82 valence electrons. The lowest BCUT2D eigenvalue weighted by atomic mass is 10.3. The number of rotatable bonds is 4. The molecule has 0 saturated heterocycles. The summed E-state index contributed by atoms with van der Waals surface area (Å²) >= 11 is 0. The van der Waals surface area contributed by atoms with E-state index < -0.39 is 11.0 Å². The molecule has 4 nitrogen and oxygen atoms in total. The first-order valence-corrected chi connectivity index (χ1v) is 5.50. The van der Waals surface area contributed by atoms with Crippen LogP contribution in [0.2, 0.25) is 0 Å². The summed E-state index contributed by atoms with van der Waals surface area (Å²) in [6, 6.07) is 0. The molecule has 0 unspecified atom stereocenters. The Labute approximate surface area is 87.3 Å². The van der Waals surface area contributed by atoms with Crippen molar-refractivity contribution in [1.29, 1.82) is 0 Å². The largest absolute Gasteiger partial charge is 0.469 e. The normalized spacial score (nSPS) is 14.3. The van der Waals surface area contributed by atoms with E-state index in [0.717, 1.165) is 0 Å². The summed E-state index contributed by atoms with van der Waals surface area (Å²) in [4.78, 5) is 10.7. The highest BCUT2D eigenvalue weighted by atomic mass is 32.2. The molecule has 0 bridgehead atoms. The molecule has 0 amide bonds. The van der Waals surface area contributed by atoms with Gasteiger partial charge in [-0.3, -0.25) is 4.79 Å². The van der Waals surface area contributed by atoms with Gasteiger partial charge in [-0.05, 0) is 27.2 Å². The molecule has 0 spiro atoms. The second kappa shape index (κ2) is 5.90. The first-order valence-electron chi connectivity index (χ1n) is 4.39. The van der Waals surface area contributed by atoms with Crippen LogP contribution in [0.3, 0.4) is 0 Å². The molecule has 0 aromatic rings. The molecule has 1 atom stereocenters. The number of hydrogen-bond donors (Lipinski definition) is 0. The van der Waals surface area contributed by atoms with Crippen LogP contribution in [-0.4, -0.2) is 28.2 Å². The Kier molecular flexibility index (Phi) is 5.60. The highest BCUT2D eigenvalue weighted by Crippen LogP contribution is 2.11. The van der Waals surface area contributed by atoms with Gasteiger partial charge in [-0.2, -0.15) is 4.40 Å². The fourth-order valence-electron chi connectivity index (χ4n) is 0.563. The number of nitrogens with zero attached hydrogens (tertiary/aromatic N) is 1. The van der Waals surface area contributed by atoms with E-state index >= 15 is 0 Å². The fourth-order valence-corrected chi connectivity index (χ4v) is 1.12. The van der Waals surface area contributed by atoms with E-state index in [9.17, 15) is 9.00 Å². The van der Waals surface area contributed by atoms with Crippen LogP contribution in [0.4, 0.5) is 0 Å². The van der Waals surface area contributed by atoms with Crippen LogP contribution in [0.1, 0.15) is 33.6 Å². The van der Waals surface area contributed by atoms with Gasteiger partial charge < -0.3 is 4.74 Å². The van der Waals surface area contributed by atoms with Gasteiger partial charge in [0.1, 0.15) is 11.0 Å². The van der Waals surface area contributed by atoms with Crippen molar-refractivity contribution in [2.75, 3.05) is 7.11 Å². The molecule has 0 aromatic heterocycles. The van der Waals surface area contributed by atoms with Gasteiger partial charge in [0, 0.05) is 6.21 Å². The summed E-state index contributed by atoms with van der Waals surface area (Å²) in [6.45, 7) is 5.54. The standard InChI is InChI=1S/C9H17NO3S/c1-9(2,3)14(12)10-7-5-6-8(11)13-4/h7H,5-6H2,1-4H3/t14-/m0/s1. The number of hydrogen-bond acceptors (Lipinski definition) is 3. The lowest BCUT2D eigenvalue weighted by molar-refractivity contribution is -0.140. The first kappa shape index (κ1) is 13.3. The minimum Gasteiger partial charge on any atom is -0.469 e. The maximum absolute atomic E-state index is 11.4. The highest BCUT2D eigenvalue weighted by molar-refractivity contribution is 7.85. The molecule has 0 aliphatic carbocycles. The maximum Gasteiger partial charge on any atom is 0.305 e. The Balaban J connectivity index is 3.85. The topological polar surface area (TPSA) is 55.7 Å². The van der Waals surface area contributed by atoms with Gasteiger partial charge in [0.05, 0.1) is 18.3 Å². The second-order valence-electron chi connectivity index (χ2n) is 3.76. The van der Waals surface area contributed by atoms with Gasteiger partial charge >= 0.3 is 5.97 Å². The van der Waals surface area contributed by atoms with Crippen LogP contribution < -0.4 is 0 Å². The van der Waals surface area contributed by atoms with E-state index in [2.05, 4.69) is 9.13 Å². The minimum atomic E-state index is -1.24. The van der Waals surface area contributed by atoms with Crippen molar-refractivity contribution >= 4 is 23.2 Å². The van der Waals surface area contributed by atoms with Crippen LogP contribution in [0.5, 0.6) is 0 Å². The lowest BCUT2D eigenvalue weighted by Crippen LogP contribution is -2.19. The minimum absolute atomic E-state index is 0.279. The molecule has 0 saturated carbocycles. The quantitative estimate of drug-likeness (QED) is 0.531. The Morgan fingerprint density at radius 2 is 2.07 bits per heavy atom. The third kappa shape index (κ3) is 5.85. The van der Waals surface area contributed by atoms with Crippen molar-refractivity contribution in [2.24, 2.45) is 4.40 Å². The van der Waals surface area contributed by atoms with E-state index in [-0.39, 0.29) is 17.1 Å². The smallest absolute Gasteiger partial charge is 0.305 e. The van der Waals surface area contributed by atoms with Crippen LogP contribution in [0.15, 0.2) is 4.40 Å². The predicted octanol–water partition coefficient (Wildman–Crippen LogP) is 1.47. The van der Waals surface area contributed by atoms with Crippen molar-refractivity contribution in [1.82, 2.24) is 0 Å². The van der Waals surface area contributed by atoms with Crippen LogP contribution in [0, 0.1) is 0 Å². The Morgan fingerprint density at radius 3 is 2.50 bits per heavy atom. The summed E-state index contributed by atoms with van der Waals surface area (Å²) in [5, 5.41) is 0. The molecular formula is C9H17NO3S. The molecule has 0 aromatic carbocycles. The van der Waals surface area contributed by atoms with Crippen molar-refractivity contribution in [2.45, 2.75) is 38.4 Å². The van der Waals surface area contributed by atoms with Gasteiger partial charge in [-0.15, -0.1) is 0 Å². The summed E-state index contributed by atoms with van der Waals surface area (Å²) in [6.07, 6.45) is 2.26. The molecular weight excluding hydrogens is 202 g/mol.